The van der Waals surface area contributed by atoms with Crippen LogP contribution < -0.4 is 15.2 Å². The lowest BCUT2D eigenvalue weighted by molar-refractivity contribution is 0.148. The van der Waals surface area contributed by atoms with Gasteiger partial charge in [-0.2, -0.15) is 0 Å². The number of benzene rings is 1. The van der Waals surface area contributed by atoms with Crippen LogP contribution in [0.5, 0.6) is 11.5 Å². The van der Waals surface area contributed by atoms with Crippen LogP contribution in [0.15, 0.2) is 12.1 Å². The summed E-state index contributed by atoms with van der Waals surface area (Å²) < 4.78 is 11.7. The number of hydrogen-bond acceptors (Lipinski definition) is 3. The van der Waals surface area contributed by atoms with E-state index in [4.69, 9.17) is 26.8 Å². The molecule has 1 unspecified atom stereocenters. The molecule has 3 nitrogen and oxygen atoms in total. The average Bonchev–Trinajstić information content (AvgIpc) is 2.50. The molecule has 21 heavy (non-hydrogen) atoms. The lowest BCUT2D eigenvalue weighted by Crippen LogP contribution is -2.24. The maximum atomic E-state index is 6.27. The normalized spacial score (nSPS) is 17.5. The predicted molar refractivity (Wildman–Crippen MR) is 87.5 cm³/mol. The zero-order chi connectivity index (χ0) is 15.2. The highest BCUT2D eigenvalue weighted by atomic mass is 35.5. The molecule has 1 aliphatic carbocycles. The third-order valence-electron chi connectivity index (χ3n) is 4.16. The SMILES string of the molecule is CCC(N)Cc1cc(Cl)cc(OC)c1OC1CCCCC1. The van der Waals surface area contributed by atoms with Gasteiger partial charge in [0.15, 0.2) is 11.5 Å². The van der Waals surface area contributed by atoms with Gasteiger partial charge in [0.25, 0.3) is 0 Å². The molecule has 0 radical (unpaired) electrons. The zero-order valence-electron chi connectivity index (χ0n) is 13.0. The van der Waals surface area contributed by atoms with Crippen LogP contribution in [-0.2, 0) is 6.42 Å². The first-order chi connectivity index (χ1) is 10.1. The molecular formula is C17H26ClNO2. The predicted octanol–water partition coefficient (Wildman–Crippen LogP) is 4.34. The fourth-order valence-electron chi connectivity index (χ4n) is 2.84. The smallest absolute Gasteiger partial charge is 0.164 e. The summed E-state index contributed by atoms with van der Waals surface area (Å²) in [4.78, 5) is 0. The number of methoxy groups -OCH3 is 1. The van der Waals surface area contributed by atoms with Crippen LogP contribution in [0.1, 0.15) is 51.0 Å². The summed E-state index contributed by atoms with van der Waals surface area (Å²) in [7, 11) is 1.66. The van der Waals surface area contributed by atoms with Crippen molar-refractivity contribution in [3.8, 4) is 11.5 Å². The van der Waals surface area contributed by atoms with Crippen LogP contribution >= 0.6 is 11.6 Å². The molecule has 0 aromatic heterocycles. The van der Waals surface area contributed by atoms with Gasteiger partial charge in [0, 0.05) is 22.7 Å². The van der Waals surface area contributed by atoms with Gasteiger partial charge in [0.2, 0.25) is 0 Å². The van der Waals surface area contributed by atoms with E-state index in [-0.39, 0.29) is 12.1 Å². The Balaban J connectivity index is 2.25. The van der Waals surface area contributed by atoms with Crippen molar-refractivity contribution in [1.82, 2.24) is 0 Å². The summed E-state index contributed by atoms with van der Waals surface area (Å²) in [5.74, 6) is 1.55. The maximum Gasteiger partial charge on any atom is 0.164 e. The second kappa shape index (κ2) is 7.90. The summed E-state index contributed by atoms with van der Waals surface area (Å²) in [5.41, 5.74) is 7.16. The largest absolute Gasteiger partial charge is 0.493 e. The number of halogens is 1. The second-order valence-corrected chi connectivity index (χ2v) is 6.28. The van der Waals surface area contributed by atoms with Gasteiger partial charge in [-0.25, -0.2) is 0 Å². The highest BCUT2D eigenvalue weighted by molar-refractivity contribution is 6.30. The summed E-state index contributed by atoms with van der Waals surface area (Å²) >= 11 is 6.19. The van der Waals surface area contributed by atoms with Crippen molar-refractivity contribution in [2.75, 3.05) is 7.11 Å². The summed E-state index contributed by atoms with van der Waals surface area (Å²) in [5, 5.41) is 0.668. The molecule has 0 saturated heterocycles. The summed E-state index contributed by atoms with van der Waals surface area (Å²) in [6.07, 6.45) is 7.99. The molecule has 4 heteroatoms. The molecule has 2 N–H and O–H groups in total. The van der Waals surface area contributed by atoms with Crippen molar-refractivity contribution < 1.29 is 9.47 Å². The van der Waals surface area contributed by atoms with Gasteiger partial charge in [-0.15, -0.1) is 0 Å². The Kier molecular flexibility index (Phi) is 6.19. The van der Waals surface area contributed by atoms with Gasteiger partial charge in [0.1, 0.15) is 0 Å². The third-order valence-corrected chi connectivity index (χ3v) is 4.38. The van der Waals surface area contributed by atoms with Gasteiger partial charge in [0.05, 0.1) is 13.2 Å². The van der Waals surface area contributed by atoms with E-state index in [1.165, 1.54) is 19.3 Å². The number of hydrogen-bond donors (Lipinski definition) is 1. The first kappa shape index (κ1) is 16.4. The quantitative estimate of drug-likeness (QED) is 0.850. The van der Waals surface area contributed by atoms with Crippen LogP contribution in [-0.4, -0.2) is 19.3 Å². The minimum absolute atomic E-state index is 0.113. The molecule has 2 rings (SSSR count). The first-order valence-electron chi connectivity index (χ1n) is 7.92. The third kappa shape index (κ3) is 4.52. The van der Waals surface area contributed by atoms with Gasteiger partial charge >= 0.3 is 0 Å². The minimum Gasteiger partial charge on any atom is -0.493 e. The lowest BCUT2D eigenvalue weighted by Gasteiger charge is -2.26. The van der Waals surface area contributed by atoms with E-state index in [0.29, 0.717) is 10.8 Å². The van der Waals surface area contributed by atoms with Crippen molar-refractivity contribution in [3.05, 3.63) is 22.7 Å². The highest BCUT2D eigenvalue weighted by Crippen LogP contribution is 2.37. The molecule has 1 fully saturated rings. The molecule has 1 aliphatic rings. The van der Waals surface area contributed by atoms with Crippen molar-refractivity contribution in [2.24, 2.45) is 5.73 Å². The molecule has 1 aromatic carbocycles. The Bertz CT molecular complexity index is 458. The van der Waals surface area contributed by atoms with Crippen LogP contribution in [0.4, 0.5) is 0 Å². The van der Waals surface area contributed by atoms with Crippen LogP contribution in [0.25, 0.3) is 0 Å². The van der Waals surface area contributed by atoms with Crippen LogP contribution in [0.2, 0.25) is 5.02 Å². The van der Waals surface area contributed by atoms with E-state index >= 15 is 0 Å². The number of nitrogens with two attached hydrogens (primary N) is 1. The monoisotopic (exact) mass is 311 g/mol. The molecule has 1 saturated carbocycles. The van der Waals surface area contributed by atoms with E-state index in [1.54, 1.807) is 7.11 Å². The van der Waals surface area contributed by atoms with Crippen molar-refractivity contribution in [1.29, 1.82) is 0 Å². The Morgan fingerprint density at radius 3 is 2.62 bits per heavy atom. The highest BCUT2D eigenvalue weighted by Gasteiger charge is 2.21. The molecule has 0 aliphatic heterocycles. The fourth-order valence-corrected chi connectivity index (χ4v) is 3.07. The van der Waals surface area contributed by atoms with E-state index in [2.05, 4.69) is 6.92 Å². The van der Waals surface area contributed by atoms with Crippen LogP contribution in [0, 0.1) is 0 Å². The van der Waals surface area contributed by atoms with Crippen molar-refractivity contribution >= 4 is 11.6 Å². The molecule has 0 spiro atoms. The molecule has 118 valence electrons. The molecule has 1 aromatic rings. The van der Waals surface area contributed by atoms with E-state index in [9.17, 15) is 0 Å². The summed E-state index contributed by atoms with van der Waals surface area (Å²) in [6, 6.07) is 3.89. The van der Waals surface area contributed by atoms with E-state index in [1.807, 2.05) is 12.1 Å². The Labute approximate surface area is 132 Å². The summed E-state index contributed by atoms with van der Waals surface area (Å²) in [6.45, 7) is 2.09. The minimum atomic E-state index is 0.113. The Morgan fingerprint density at radius 2 is 2.00 bits per heavy atom. The standard InChI is InChI=1S/C17H26ClNO2/c1-3-14(19)10-12-9-13(18)11-16(20-2)17(12)21-15-7-5-4-6-8-15/h9,11,14-15H,3-8,10,19H2,1-2H3. The Hall–Kier alpha value is -0.930. The molecule has 0 amide bonds. The second-order valence-electron chi connectivity index (χ2n) is 5.85. The molecule has 0 bridgehead atoms. The first-order valence-corrected chi connectivity index (χ1v) is 8.30. The Morgan fingerprint density at radius 1 is 1.29 bits per heavy atom. The average molecular weight is 312 g/mol. The zero-order valence-corrected chi connectivity index (χ0v) is 13.8. The van der Waals surface area contributed by atoms with Gasteiger partial charge in [-0.3, -0.25) is 0 Å². The molecule has 0 heterocycles. The van der Waals surface area contributed by atoms with Gasteiger partial charge in [-0.05, 0) is 44.6 Å². The van der Waals surface area contributed by atoms with E-state index < -0.39 is 0 Å². The molecule has 1 atom stereocenters. The topological polar surface area (TPSA) is 44.5 Å². The van der Waals surface area contributed by atoms with E-state index in [0.717, 1.165) is 37.0 Å². The fraction of sp³-hybridized carbons (Fsp3) is 0.647. The van der Waals surface area contributed by atoms with Gasteiger partial charge < -0.3 is 15.2 Å². The maximum absolute atomic E-state index is 6.27. The molecular weight excluding hydrogens is 286 g/mol. The number of rotatable bonds is 6. The van der Waals surface area contributed by atoms with Gasteiger partial charge in [-0.1, -0.05) is 24.9 Å². The lowest BCUT2D eigenvalue weighted by atomic mass is 9.97. The van der Waals surface area contributed by atoms with Crippen LogP contribution in [0.3, 0.4) is 0 Å². The van der Waals surface area contributed by atoms with Crippen molar-refractivity contribution in [2.45, 2.75) is 64.0 Å². The van der Waals surface area contributed by atoms with Crippen molar-refractivity contribution in [3.63, 3.8) is 0 Å². The number of ether oxygens (including phenoxy) is 2.